The van der Waals surface area contributed by atoms with Crippen molar-refractivity contribution in [3.63, 3.8) is 0 Å². The SMILES string of the molecule is CC(C)(C)c1ccc(C(Cl)c2cc(Br)sc2Br)s1. The molecule has 98 valence electrons. The predicted molar refractivity (Wildman–Crippen MR) is 90.4 cm³/mol. The third-order valence-corrected chi connectivity index (χ3v) is 7.13. The molecule has 2 aromatic rings. The normalized spacial score (nSPS) is 13.9. The maximum atomic E-state index is 6.58. The van der Waals surface area contributed by atoms with Gasteiger partial charge in [-0.3, -0.25) is 0 Å². The molecule has 0 aliphatic carbocycles. The molecule has 0 bridgehead atoms. The molecule has 0 N–H and O–H groups in total. The summed E-state index contributed by atoms with van der Waals surface area (Å²) in [4.78, 5) is 2.57. The number of hydrogen-bond acceptors (Lipinski definition) is 2. The van der Waals surface area contributed by atoms with Gasteiger partial charge in [-0.15, -0.1) is 34.3 Å². The van der Waals surface area contributed by atoms with Crippen LogP contribution in [0, 0.1) is 0 Å². The van der Waals surface area contributed by atoms with Crippen LogP contribution in [0.25, 0.3) is 0 Å². The van der Waals surface area contributed by atoms with Crippen molar-refractivity contribution in [1.29, 1.82) is 0 Å². The molecule has 2 rings (SSSR count). The lowest BCUT2D eigenvalue weighted by Crippen LogP contribution is -2.07. The Hall–Kier alpha value is 0.650. The Morgan fingerprint density at radius 1 is 1.17 bits per heavy atom. The van der Waals surface area contributed by atoms with E-state index in [4.69, 9.17) is 11.6 Å². The van der Waals surface area contributed by atoms with Gasteiger partial charge < -0.3 is 0 Å². The number of thiophene rings is 2. The lowest BCUT2D eigenvalue weighted by Gasteiger charge is -2.15. The minimum atomic E-state index is -0.0805. The van der Waals surface area contributed by atoms with E-state index in [2.05, 4.69) is 70.8 Å². The molecule has 0 fully saturated rings. The molecule has 0 saturated heterocycles. The molecule has 2 aromatic heterocycles. The molecule has 0 saturated carbocycles. The fraction of sp³-hybridized carbons (Fsp3) is 0.385. The van der Waals surface area contributed by atoms with E-state index in [1.165, 1.54) is 9.75 Å². The van der Waals surface area contributed by atoms with Crippen LogP contribution in [-0.4, -0.2) is 0 Å². The van der Waals surface area contributed by atoms with E-state index in [9.17, 15) is 0 Å². The van der Waals surface area contributed by atoms with Gasteiger partial charge in [0.2, 0.25) is 0 Å². The third-order valence-electron chi connectivity index (χ3n) is 2.57. The minimum absolute atomic E-state index is 0.0805. The van der Waals surface area contributed by atoms with Crippen LogP contribution in [0.2, 0.25) is 0 Å². The summed E-state index contributed by atoms with van der Waals surface area (Å²) in [6.07, 6.45) is 0. The molecule has 0 radical (unpaired) electrons. The summed E-state index contributed by atoms with van der Waals surface area (Å²) in [7, 11) is 0. The van der Waals surface area contributed by atoms with Gasteiger partial charge in [0.1, 0.15) is 0 Å². The van der Waals surface area contributed by atoms with Gasteiger partial charge in [0.25, 0.3) is 0 Å². The van der Waals surface area contributed by atoms with Crippen LogP contribution in [0.4, 0.5) is 0 Å². The van der Waals surface area contributed by atoms with Crippen LogP contribution in [0.15, 0.2) is 25.8 Å². The van der Waals surface area contributed by atoms with E-state index in [1.807, 2.05) is 0 Å². The zero-order valence-electron chi connectivity index (χ0n) is 10.3. The first kappa shape index (κ1) is 15.0. The maximum Gasteiger partial charge on any atom is 0.0947 e. The molecule has 0 aromatic carbocycles. The monoisotopic (exact) mass is 426 g/mol. The number of halogens is 3. The number of alkyl halides is 1. The highest BCUT2D eigenvalue weighted by Gasteiger charge is 2.22. The molecular weight excluding hydrogens is 416 g/mol. The van der Waals surface area contributed by atoms with Crippen molar-refractivity contribution in [3.8, 4) is 0 Å². The largest absolute Gasteiger partial charge is 0.143 e. The van der Waals surface area contributed by atoms with Gasteiger partial charge in [-0.1, -0.05) is 20.8 Å². The van der Waals surface area contributed by atoms with E-state index >= 15 is 0 Å². The Morgan fingerprint density at radius 3 is 2.28 bits per heavy atom. The highest BCUT2D eigenvalue weighted by Crippen LogP contribution is 2.43. The summed E-state index contributed by atoms with van der Waals surface area (Å²) in [5.41, 5.74) is 1.32. The highest BCUT2D eigenvalue weighted by molar-refractivity contribution is 9.12. The molecule has 2 heterocycles. The third kappa shape index (κ3) is 3.21. The Labute approximate surface area is 138 Å². The Bertz CT molecular complexity index is 552. The fourth-order valence-corrected chi connectivity index (χ4v) is 6.11. The number of rotatable bonds is 2. The molecule has 0 nitrogen and oxygen atoms in total. The van der Waals surface area contributed by atoms with Crippen LogP contribution in [-0.2, 0) is 5.41 Å². The molecule has 0 aliphatic rings. The molecule has 1 unspecified atom stereocenters. The van der Waals surface area contributed by atoms with Crippen molar-refractivity contribution in [2.45, 2.75) is 31.6 Å². The van der Waals surface area contributed by atoms with Crippen molar-refractivity contribution in [1.82, 2.24) is 0 Å². The minimum Gasteiger partial charge on any atom is -0.143 e. The average molecular weight is 429 g/mol. The Kier molecular flexibility index (Phi) is 4.65. The Balaban J connectivity index is 2.32. The Morgan fingerprint density at radius 2 is 1.83 bits per heavy atom. The quantitative estimate of drug-likeness (QED) is 0.454. The summed E-state index contributed by atoms with van der Waals surface area (Å²) in [5, 5.41) is -0.0805. The summed E-state index contributed by atoms with van der Waals surface area (Å²) in [5.74, 6) is 0. The number of hydrogen-bond donors (Lipinski definition) is 0. The standard InChI is InChI=1S/C13H13Br2ClS2/c1-13(2,3)9-5-4-8(17-9)11(16)7-6-10(14)18-12(7)15/h4-6,11H,1-3H3. The van der Waals surface area contributed by atoms with Crippen LogP contribution in [0.1, 0.15) is 41.5 Å². The van der Waals surface area contributed by atoms with Crippen LogP contribution in [0.5, 0.6) is 0 Å². The van der Waals surface area contributed by atoms with Gasteiger partial charge >= 0.3 is 0 Å². The average Bonchev–Trinajstić information content (AvgIpc) is 2.83. The van der Waals surface area contributed by atoms with E-state index in [0.29, 0.717) is 0 Å². The van der Waals surface area contributed by atoms with Gasteiger partial charge in [-0.05, 0) is 55.5 Å². The first-order valence-electron chi connectivity index (χ1n) is 5.48. The van der Waals surface area contributed by atoms with Crippen molar-refractivity contribution >= 4 is 66.1 Å². The van der Waals surface area contributed by atoms with Crippen molar-refractivity contribution < 1.29 is 0 Å². The van der Waals surface area contributed by atoms with Crippen molar-refractivity contribution in [2.75, 3.05) is 0 Å². The highest BCUT2D eigenvalue weighted by atomic mass is 79.9. The smallest absolute Gasteiger partial charge is 0.0947 e. The van der Waals surface area contributed by atoms with Crippen LogP contribution < -0.4 is 0 Å². The van der Waals surface area contributed by atoms with Crippen LogP contribution >= 0.6 is 66.1 Å². The molecule has 0 aliphatic heterocycles. The molecule has 0 amide bonds. The topological polar surface area (TPSA) is 0 Å². The van der Waals surface area contributed by atoms with Crippen LogP contribution in [0.3, 0.4) is 0 Å². The maximum absolute atomic E-state index is 6.58. The van der Waals surface area contributed by atoms with E-state index in [-0.39, 0.29) is 10.8 Å². The summed E-state index contributed by atoms with van der Waals surface area (Å²) < 4.78 is 2.20. The van der Waals surface area contributed by atoms with E-state index in [1.54, 1.807) is 22.7 Å². The van der Waals surface area contributed by atoms with Crippen molar-refractivity contribution in [2.24, 2.45) is 0 Å². The molecule has 5 heteroatoms. The fourth-order valence-electron chi connectivity index (χ4n) is 1.57. The zero-order valence-corrected chi connectivity index (χ0v) is 15.8. The molecule has 18 heavy (non-hydrogen) atoms. The van der Waals surface area contributed by atoms with Gasteiger partial charge in [0.05, 0.1) is 12.9 Å². The van der Waals surface area contributed by atoms with Gasteiger partial charge in [-0.25, -0.2) is 0 Å². The second-order valence-electron chi connectivity index (χ2n) is 5.09. The lowest BCUT2D eigenvalue weighted by atomic mass is 9.95. The summed E-state index contributed by atoms with van der Waals surface area (Å²) >= 11 is 17.1. The summed E-state index contributed by atoms with van der Waals surface area (Å²) in [6, 6.07) is 6.41. The van der Waals surface area contributed by atoms with Gasteiger partial charge in [0, 0.05) is 15.3 Å². The van der Waals surface area contributed by atoms with Gasteiger partial charge in [-0.2, -0.15) is 0 Å². The van der Waals surface area contributed by atoms with E-state index < -0.39 is 0 Å². The zero-order chi connectivity index (χ0) is 13.5. The first-order valence-corrected chi connectivity index (χ1v) is 9.13. The second-order valence-corrected chi connectivity index (χ2v) is 10.4. The predicted octanol–water partition coefficient (Wildman–Crippen LogP) is 6.96. The first-order chi connectivity index (χ1) is 8.29. The summed E-state index contributed by atoms with van der Waals surface area (Å²) in [6.45, 7) is 6.68. The second kappa shape index (κ2) is 5.57. The lowest BCUT2D eigenvalue weighted by molar-refractivity contribution is 0.604. The van der Waals surface area contributed by atoms with Gasteiger partial charge in [0.15, 0.2) is 0 Å². The van der Waals surface area contributed by atoms with E-state index in [0.717, 1.165) is 13.1 Å². The molecule has 1 atom stereocenters. The molecule has 0 spiro atoms. The van der Waals surface area contributed by atoms with Crippen molar-refractivity contribution in [3.05, 3.63) is 41.1 Å². The molecular formula is C13H13Br2ClS2.